The summed E-state index contributed by atoms with van der Waals surface area (Å²) in [4.78, 5) is 19.3. The summed E-state index contributed by atoms with van der Waals surface area (Å²) in [7, 11) is 0. The van der Waals surface area contributed by atoms with Crippen molar-refractivity contribution in [1.82, 2.24) is 10.3 Å². The van der Waals surface area contributed by atoms with Crippen LogP contribution in [0.1, 0.15) is 24.0 Å². The van der Waals surface area contributed by atoms with Crippen molar-refractivity contribution < 1.29 is 9.53 Å². The van der Waals surface area contributed by atoms with Gasteiger partial charge in [-0.1, -0.05) is 24.3 Å². The van der Waals surface area contributed by atoms with E-state index in [4.69, 9.17) is 4.74 Å². The van der Waals surface area contributed by atoms with Gasteiger partial charge in [-0.25, -0.2) is 4.98 Å². The summed E-state index contributed by atoms with van der Waals surface area (Å²) in [5, 5.41) is 3.02. The number of rotatable bonds is 4. The van der Waals surface area contributed by atoms with E-state index in [0.717, 1.165) is 42.2 Å². The molecule has 0 saturated carbocycles. The number of fused-ring (bicyclic) bond motifs is 1. The fourth-order valence-electron chi connectivity index (χ4n) is 3.48. The SMILES string of the molecule is O=C(NCc1ccc(N2CCCC2)nc1)C1COc2ccccc2C1. The van der Waals surface area contributed by atoms with Crippen LogP contribution in [0.3, 0.4) is 0 Å². The van der Waals surface area contributed by atoms with Crippen LogP contribution in [-0.2, 0) is 17.8 Å². The van der Waals surface area contributed by atoms with Crippen molar-refractivity contribution in [1.29, 1.82) is 0 Å². The molecular formula is C20H23N3O2. The average molecular weight is 337 g/mol. The Hall–Kier alpha value is -2.56. The van der Waals surface area contributed by atoms with Gasteiger partial charge in [0.05, 0.1) is 5.92 Å². The third kappa shape index (κ3) is 3.60. The van der Waals surface area contributed by atoms with Crippen molar-refractivity contribution in [3.05, 3.63) is 53.7 Å². The van der Waals surface area contributed by atoms with Gasteiger partial charge in [-0.3, -0.25) is 4.79 Å². The summed E-state index contributed by atoms with van der Waals surface area (Å²) < 4.78 is 5.70. The fraction of sp³-hybridized carbons (Fsp3) is 0.400. The molecule has 4 rings (SSSR count). The topological polar surface area (TPSA) is 54.5 Å². The van der Waals surface area contributed by atoms with Crippen molar-refractivity contribution in [3.8, 4) is 5.75 Å². The minimum atomic E-state index is -0.133. The van der Waals surface area contributed by atoms with Gasteiger partial charge in [-0.15, -0.1) is 0 Å². The number of hydrogen-bond donors (Lipinski definition) is 1. The molecule has 2 aromatic rings. The van der Waals surface area contributed by atoms with Crippen LogP contribution in [0, 0.1) is 5.92 Å². The molecule has 2 aliphatic rings. The molecule has 1 N–H and O–H groups in total. The predicted octanol–water partition coefficient (Wildman–Crippen LogP) is 2.55. The molecule has 130 valence electrons. The normalized spacial score (nSPS) is 19.2. The lowest BCUT2D eigenvalue weighted by atomic mass is 9.96. The fourth-order valence-corrected chi connectivity index (χ4v) is 3.48. The summed E-state index contributed by atoms with van der Waals surface area (Å²) >= 11 is 0. The Balaban J connectivity index is 1.31. The lowest BCUT2D eigenvalue weighted by Crippen LogP contribution is -2.37. The molecule has 0 aliphatic carbocycles. The maximum atomic E-state index is 12.4. The monoisotopic (exact) mass is 337 g/mol. The van der Waals surface area contributed by atoms with Crippen LogP contribution in [-0.4, -0.2) is 30.6 Å². The van der Waals surface area contributed by atoms with Crippen molar-refractivity contribution in [2.45, 2.75) is 25.8 Å². The number of benzene rings is 1. The number of anilines is 1. The zero-order valence-corrected chi connectivity index (χ0v) is 14.3. The van der Waals surface area contributed by atoms with E-state index in [0.29, 0.717) is 13.2 Å². The standard InChI is InChI=1S/C20H23N3O2/c24-20(17-11-16-5-1-2-6-18(16)25-14-17)22-13-15-7-8-19(21-12-15)23-9-3-4-10-23/h1-2,5-8,12,17H,3-4,9-11,13-14H2,(H,22,24). The Kier molecular flexibility index (Phi) is 4.55. The highest BCUT2D eigenvalue weighted by atomic mass is 16.5. The van der Waals surface area contributed by atoms with Gasteiger partial charge in [0.15, 0.2) is 0 Å². The average Bonchev–Trinajstić information content (AvgIpc) is 3.21. The molecule has 0 bridgehead atoms. The van der Waals surface area contributed by atoms with Gasteiger partial charge in [0, 0.05) is 25.8 Å². The first-order chi connectivity index (χ1) is 12.3. The van der Waals surface area contributed by atoms with Crippen LogP contribution in [0.25, 0.3) is 0 Å². The van der Waals surface area contributed by atoms with Gasteiger partial charge in [0.1, 0.15) is 18.2 Å². The zero-order valence-electron chi connectivity index (χ0n) is 14.3. The number of pyridine rings is 1. The number of amides is 1. The number of carbonyl (C=O) groups excluding carboxylic acids is 1. The van der Waals surface area contributed by atoms with Crippen molar-refractivity contribution >= 4 is 11.7 Å². The minimum Gasteiger partial charge on any atom is -0.492 e. The molecule has 0 spiro atoms. The molecule has 1 unspecified atom stereocenters. The number of nitrogens with one attached hydrogen (secondary N) is 1. The second-order valence-corrected chi connectivity index (χ2v) is 6.76. The van der Waals surface area contributed by atoms with E-state index in [-0.39, 0.29) is 11.8 Å². The molecule has 1 amide bonds. The molecule has 25 heavy (non-hydrogen) atoms. The Morgan fingerprint density at radius 1 is 1.20 bits per heavy atom. The predicted molar refractivity (Wildman–Crippen MR) is 96.7 cm³/mol. The smallest absolute Gasteiger partial charge is 0.227 e. The van der Waals surface area contributed by atoms with Gasteiger partial charge in [0.2, 0.25) is 5.91 Å². The molecule has 1 atom stereocenters. The van der Waals surface area contributed by atoms with Crippen LogP contribution in [0.5, 0.6) is 5.75 Å². The van der Waals surface area contributed by atoms with E-state index in [2.05, 4.69) is 15.2 Å². The van der Waals surface area contributed by atoms with Crippen molar-refractivity contribution in [2.75, 3.05) is 24.6 Å². The number of carbonyl (C=O) groups is 1. The second kappa shape index (κ2) is 7.13. The van der Waals surface area contributed by atoms with E-state index < -0.39 is 0 Å². The third-order valence-corrected chi connectivity index (χ3v) is 4.96. The maximum absolute atomic E-state index is 12.4. The molecule has 1 aromatic carbocycles. The summed E-state index contributed by atoms with van der Waals surface area (Å²) in [6.45, 7) is 3.12. The van der Waals surface area contributed by atoms with Gasteiger partial charge < -0.3 is 15.0 Å². The largest absolute Gasteiger partial charge is 0.492 e. The highest BCUT2D eigenvalue weighted by Crippen LogP contribution is 2.26. The van der Waals surface area contributed by atoms with Crippen LogP contribution in [0.2, 0.25) is 0 Å². The maximum Gasteiger partial charge on any atom is 0.227 e. The lowest BCUT2D eigenvalue weighted by molar-refractivity contribution is -0.126. The first kappa shape index (κ1) is 15.9. The van der Waals surface area contributed by atoms with E-state index in [1.807, 2.05) is 42.6 Å². The molecule has 1 fully saturated rings. The second-order valence-electron chi connectivity index (χ2n) is 6.76. The Morgan fingerprint density at radius 3 is 2.84 bits per heavy atom. The van der Waals surface area contributed by atoms with Crippen molar-refractivity contribution in [3.63, 3.8) is 0 Å². The van der Waals surface area contributed by atoms with E-state index in [9.17, 15) is 4.79 Å². The lowest BCUT2D eigenvalue weighted by Gasteiger charge is -2.24. The molecule has 1 aromatic heterocycles. The Bertz CT molecular complexity index is 739. The highest BCUT2D eigenvalue weighted by Gasteiger charge is 2.25. The third-order valence-electron chi connectivity index (χ3n) is 4.96. The van der Waals surface area contributed by atoms with E-state index >= 15 is 0 Å². The summed E-state index contributed by atoms with van der Waals surface area (Å²) in [6.07, 6.45) is 5.08. The number of aromatic nitrogens is 1. The molecule has 5 heteroatoms. The van der Waals surface area contributed by atoms with Gasteiger partial charge >= 0.3 is 0 Å². The first-order valence-electron chi connectivity index (χ1n) is 8.98. The van der Waals surface area contributed by atoms with E-state index in [1.165, 1.54) is 12.8 Å². The summed E-state index contributed by atoms with van der Waals surface area (Å²) in [6, 6.07) is 12.0. The van der Waals surface area contributed by atoms with Crippen LogP contribution >= 0.6 is 0 Å². The van der Waals surface area contributed by atoms with Gasteiger partial charge in [-0.2, -0.15) is 0 Å². The molecule has 1 saturated heterocycles. The van der Waals surface area contributed by atoms with Crippen molar-refractivity contribution in [2.24, 2.45) is 5.92 Å². The number of ether oxygens (including phenoxy) is 1. The first-order valence-corrected chi connectivity index (χ1v) is 8.98. The Labute approximate surface area is 148 Å². The van der Waals surface area contributed by atoms with Crippen LogP contribution < -0.4 is 15.0 Å². The molecule has 2 aliphatic heterocycles. The van der Waals surface area contributed by atoms with Gasteiger partial charge in [-0.05, 0) is 42.5 Å². The quantitative estimate of drug-likeness (QED) is 0.932. The molecule has 5 nitrogen and oxygen atoms in total. The Morgan fingerprint density at radius 2 is 2.04 bits per heavy atom. The summed E-state index contributed by atoms with van der Waals surface area (Å²) in [5.41, 5.74) is 2.12. The molecular weight excluding hydrogens is 314 g/mol. The summed E-state index contributed by atoms with van der Waals surface area (Å²) in [5.74, 6) is 1.84. The number of hydrogen-bond acceptors (Lipinski definition) is 4. The minimum absolute atomic E-state index is 0.0399. The zero-order chi connectivity index (χ0) is 17.1. The van der Waals surface area contributed by atoms with E-state index in [1.54, 1.807) is 0 Å². The molecule has 0 radical (unpaired) electrons. The van der Waals surface area contributed by atoms with Gasteiger partial charge in [0.25, 0.3) is 0 Å². The van der Waals surface area contributed by atoms with Crippen LogP contribution in [0.4, 0.5) is 5.82 Å². The van der Waals surface area contributed by atoms with Crippen LogP contribution in [0.15, 0.2) is 42.6 Å². The number of nitrogens with zero attached hydrogens (tertiary/aromatic N) is 2. The highest BCUT2D eigenvalue weighted by molar-refractivity contribution is 5.79. The molecule has 3 heterocycles. The number of para-hydroxylation sites is 1.